The van der Waals surface area contributed by atoms with E-state index in [0.717, 1.165) is 5.56 Å². The van der Waals surface area contributed by atoms with Gasteiger partial charge in [0.1, 0.15) is 12.3 Å². The summed E-state index contributed by atoms with van der Waals surface area (Å²) in [6, 6.07) is 3.80. The third-order valence-electron chi connectivity index (χ3n) is 3.05. The number of sulfone groups is 1. The Bertz CT molecular complexity index is 796. The number of phenolic OH excluding ortho intramolecular Hbond substituents is 1. The van der Waals surface area contributed by atoms with Crippen molar-refractivity contribution in [3.8, 4) is 5.75 Å². The number of nitrogens with one attached hydrogen (secondary N) is 1. The number of aromatic nitrogens is 2. The summed E-state index contributed by atoms with van der Waals surface area (Å²) >= 11 is 0. The molecule has 0 spiro atoms. The second-order valence-electron chi connectivity index (χ2n) is 4.85. The summed E-state index contributed by atoms with van der Waals surface area (Å²) in [5.74, 6) is -0.665. The van der Waals surface area contributed by atoms with Gasteiger partial charge in [0.25, 0.3) is 0 Å². The largest absolute Gasteiger partial charge is 0.506 e. The van der Waals surface area contributed by atoms with Crippen LogP contribution in [0.3, 0.4) is 0 Å². The van der Waals surface area contributed by atoms with Crippen molar-refractivity contribution in [2.75, 3.05) is 11.1 Å². The van der Waals surface area contributed by atoms with Crippen molar-refractivity contribution in [1.29, 1.82) is 0 Å². The summed E-state index contributed by atoms with van der Waals surface area (Å²) in [7, 11) is -3.41. The molecule has 0 atom stereocenters. The van der Waals surface area contributed by atoms with Gasteiger partial charge < -0.3 is 10.4 Å². The second kappa shape index (κ2) is 6.18. The number of carbonyl (C=O) groups excluding carboxylic acids is 1. The molecule has 2 rings (SSSR count). The molecule has 0 bridgehead atoms. The Kier molecular flexibility index (Phi) is 4.51. The predicted octanol–water partition coefficient (Wildman–Crippen LogP) is 1.33. The first-order valence-electron chi connectivity index (χ1n) is 6.66. The van der Waals surface area contributed by atoms with Crippen LogP contribution >= 0.6 is 0 Å². The Morgan fingerprint density at radius 3 is 2.73 bits per heavy atom. The molecule has 1 aromatic carbocycles. The molecule has 7 nitrogen and oxygen atoms in total. The van der Waals surface area contributed by atoms with Gasteiger partial charge in [0, 0.05) is 6.20 Å². The lowest BCUT2D eigenvalue weighted by molar-refractivity contribution is -0.116. The number of aromatic hydroxyl groups is 1. The molecule has 0 aliphatic rings. The Morgan fingerprint density at radius 2 is 2.14 bits per heavy atom. The van der Waals surface area contributed by atoms with Gasteiger partial charge in [-0.15, -0.1) is 0 Å². The van der Waals surface area contributed by atoms with Crippen LogP contribution < -0.4 is 5.32 Å². The lowest BCUT2D eigenvalue weighted by Crippen LogP contribution is -2.19. The summed E-state index contributed by atoms with van der Waals surface area (Å²) in [5.41, 5.74) is 0.982. The number of amides is 1. The van der Waals surface area contributed by atoms with Crippen molar-refractivity contribution in [1.82, 2.24) is 9.78 Å². The van der Waals surface area contributed by atoms with Gasteiger partial charge in [0.05, 0.1) is 22.5 Å². The topological polar surface area (TPSA) is 101 Å². The molecular weight excluding hydrogens is 306 g/mol. The Hall–Kier alpha value is -2.35. The van der Waals surface area contributed by atoms with Crippen LogP contribution in [0.15, 0.2) is 35.5 Å². The molecule has 0 unspecified atom stereocenters. The summed E-state index contributed by atoms with van der Waals surface area (Å²) in [6.45, 7) is 3.35. The number of aryl methyl sites for hydroxylation is 1. The number of nitrogens with zero attached hydrogens (tertiary/aromatic N) is 2. The summed E-state index contributed by atoms with van der Waals surface area (Å²) < 4.78 is 25.1. The lowest BCUT2D eigenvalue weighted by atomic mass is 10.3. The molecular formula is C14H17N3O4S. The molecule has 0 aliphatic heterocycles. The molecule has 118 valence electrons. The fourth-order valence-corrected chi connectivity index (χ4v) is 2.77. The van der Waals surface area contributed by atoms with E-state index in [1.165, 1.54) is 29.8 Å². The predicted molar refractivity (Wildman–Crippen MR) is 81.4 cm³/mol. The lowest BCUT2D eigenvalue weighted by Gasteiger charge is -2.09. The third kappa shape index (κ3) is 3.64. The maximum absolute atomic E-state index is 11.9. The summed E-state index contributed by atoms with van der Waals surface area (Å²) in [4.78, 5) is 12.0. The highest BCUT2D eigenvalue weighted by molar-refractivity contribution is 7.91. The highest BCUT2D eigenvalue weighted by Crippen LogP contribution is 2.26. The third-order valence-corrected chi connectivity index (χ3v) is 4.78. The Balaban J connectivity index is 2.18. The molecule has 2 aromatic rings. The van der Waals surface area contributed by atoms with Crippen molar-refractivity contribution < 1.29 is 18.3 Å². The van der Waals surface area contributed by atoms with Gasteiger partial charge in [0.2, 0.25) is 5.91 Å². The molecule has 0 radical (unpaired) electrons. The van der Waals surface area contributed by atoms with Crippen LogP contribution in [0.25, 0.3) is 0 Å². The van der Waals surface area contributed by atoms with Crippen molar-refractivity contribution in [2.45, 2.75) is 25.3 Å². The zero-order valence-corrected chi connectivity index (χ0v) is 13.1. The average molecular weight is 323 g/mol. The van der Waals surface area contributed by atoms with Crippen molar-refractivity contribution >= 4 is 21.4 Å². The smallest absolute Gasteiger partial charge is 0.246 e. The molecule has 0 fully saturated rings. The van der Waals surface area contributed by atoms with Crippen molar-refractivity contribution in [2.24, 2.45) is 0 Å². The first-order chi connectivity index (χ1) is 10.3. The molecule has 8 heteroatoms. The van der Waals surface area contributed by atoms with Crippen molar-refractivity contribution in [3.05, 3.63) is 36.2 Å². The van der Waals surface area contributed by atoms with E-state index < -0.39 is 15.7 Å². The molecule has 0 saturated heterocycles. The van der Waals surface area contributed by atoms with Crippen LogP contribution in [0.4, 0.5) is 5.69 Å². The second-order valence-corrected chi connectivity index (χ2v) is 7.12. The van der Waals surface area contributed by atoms with E-state index >= 15 is 0 Å². The highest BCUT2D eigenvalue weighted by atomic mass is 32.2. The van der Waals surface area contributed by atoms with Gasteiger partial charge in [-0.1, -0.05) is 6.92 Å². The fourth-order valence-electron chi connectivity index (χ4n) is 1.87. The molecule has 1 heterocycles. The van der Waals surface area contributed by atoms with Gasteiger partial charge in [-0.25, -0.2) is 8.42 Å². The molecule has 22 heavy (non-hydrogen) atoms. The van der Waals surface area contributed by atoms with Crippen LogP contribution in [-0.2, 0) is 21.2 Å². The van der Waals surface area contributed by atoms with Gasteiger partial charge in [-0.3, -0.25) is 9.48 Å². The number of benzene rings is 1. The highest BCUT2D eigenvalue weighted by Gasteiger charge is 2.15. The van der Waals surface area contributed by atoms with E-state index in [4.69, 9.17) is 0 Å². The van der Waals surface area contributed by atoms with Crippen LogP contribution in [0.5, 0.6) is 5.75 Å². The number of hydrogen-bond acceptors (Lipinski definition) is 5. The van der Waals surface area contributed by atoms with E-state index in [0.29, 0.717) is 0 Å². The van der Waals surface area contributed by atoms with E-state index in [-0.39, 0.29) is 28.6 Å². The number of anilines is 1. The van der Waals surface area contributed by atoms with Crippen LogP contribution in [0.1, 0.15) is 12.5 Å². The minimum Gasteiger partial charge on any atom is -0.506 e. The minimum atomic E-state index is -3.41. The Labute approximate surface area is 128 Å². The molecule has 1 amide bonds. The number of phenols is 1. The summed E-state index contributed by atoms with van der Waals surface area (Å²) in [6.07, 6.45) is 3.33. The fraction of sp³-hybridized carbons (Fsp3) is 0.286. The van der Waals surface area contributed by atoms with Gasteiger partial charge in [0.15, 0.2) is 9.84 Å². The number of rotatable bonds is 5. The zero-order chi connectivity index (χ0) is 16.3. The van der Waals surface area contributed by atoms with Gasteiger partial charge in [-0.2, -0.15) is 5.10 Å². The average Bonchev–Trinajstić information content (AvgIpc) is 2.86. The summed E-state index contributed by atoms with van der Waals surface area (Å²) in [5, 5.41) is 16.2. The first-order valence-corrected chi connectivity index (χ1v) is 8.31. The molecule has 2 N–H and O–H groups in total. The van der Waals surface area contributed by atoms with Gasteiger partial charge >= 0.3 is 0 Å². The van der Waals surface area contributed by atoms with E-state index in [2.05, 4.69) is 10.4 Å². The Morgan fingerprint density at radius 1 is 1.41 bits per heavy atom. The quantitative estimate of drug-likeness (QED) is 0.808. The maximum Gasteiger partial charge on any atom is 0.246 e. The van der Waals surface area contributed by atoms with Gasteiger partial charge in [-0.05, 0) is 30.7 Å². The zero-order valence-electron chi connectivity index (χ0n) is 12.3. The van der Waals surface area contributed by atoms with E-state index in [1.54, 1.807) is 12.4 Å². The van der Waals surface area contributed by atoms with Crippen LogP contribution in [0.2, 0.25) is 0 Å². The maximum atomic E-state index is 11.9. The first kappa shape index (κ1) is 16.0. The molecule has 0 aliphatic carbocycles. The van der Waals surface area contributed by atoms with Crippen LogP contribution in [-0.4, -0.2) is 35.0 Å². The number of hydrogen-bond donors (Lipinski definition) is 2. The minimum absolute atomic E-state index is 0.0297. The monoisotopic (exact) mass is 323 g/mol. The molecule has 1 aromatic heterocycles. The van der Waals surface area contributed by atoms with Crippen LogP contribution in [0, 0.1) is 6.92 Å². The standard InChI is InChI=1S/C14H17N3O4S/c1-3-22(20,21)11-4-5-13(18)12(6-11)16-14(19)9-17-8-10(2)7-15-17/h4-8,18H,3,9H2,1-2H3,(H,16,19). The molecule has 0 saturated carbocycles. The SMILES string of the molecule is CCS(=O)(=O)c1ccc(O)c(NC(=O)Cn2cc(C)cn2)c1. The normalized spacial score (nSPS) is 11.4. The van der Waals surface area contributed by atoms with E-state index in [1.807, 2.05) is 6.92 Å². The van der Waals surface area contributed by atoms with E-state index in [9.17, 15) is 18.3 Å². The number of carbonyl (C=O) groups is 1. The van der Waals surface area contributed by atoms with Crippen molar-refractivity contribution in [3.63, 3.8) is 0 Å².